The molecule has 3 aromatic heterocycles. The number of carbonyl (C=O) groups is 1. The monoisotopic (exact) mass is 390 g/mol. The molecule has 4 aromatic rings. The Morgan fingerprint density at radius 3 is 2.54 bits per heavy atom. The number of aromatic nitrogens is 5. The van der Waals surface area contributed by atoms with Crippen LogP contribution in [0.15, 0.2) is 42.7 Å². The second-order valence-corrected chi connectivity index (χ2v) is 7.41. The van der Waals surface area contributed by atoms with Gasteiger partial charge in [-0.3, -0.25) is 4.79 Å². The first-order valence-corrected chi connectivity index (χ1v) is 9.57. The molecule has 0 N–H and O–H groups in total. The fraction of sp³-hybridized carbons (Fsp3) is 0.200. The topological polar surface area (TPSA) is 84.8 Å². The molecule has 0 saturated heterocycles. The summed E-state index contributed by atoms with van der Waals surface area (Å²) in [6.45, 7) is 4.09. The molecule has 7 nitrogen and oxygen atoms in total. The van der Waals surface area contributed by atoms with Crippen LogP contribution in [0.25, 0.3) is 21.7 Å². The molecule has 0 fully saturated rings. The summed E-state index contributed by atoms with van der Waals surface area (Å²) in [4.78, 5) is 37.2. The molecule has 8 heteroatoms. The van der Waals surface area contributed by atoms with E-state index in [1.54, 1.807) is 30.4 Å². The van der Waals surface area contributed by atoms with Crippen LogP contribution in [0.3, 0.4) is 0 Å². The van der Waals surface area contributed by atoms with Crippen LogP contribution in [0.2, 0.25) is 0 Å². The molecule has 0 aliphatic rings. The third-order valence-electron chi connectivity index (χ3n) is 4.31. The number of fused-ring (bicyclic) bond motifs is 1. The van der Waals surface area contributed by atoms with E-state index in [1.807, 2.05) is 38.1 Å². The van der Waals surface area contributed by atoms with Crippen molar-refractivity contribution in [2.45, 2.75) is 20.4 Å². The Kier molecular flexibility index (Phi) is 4.79. The van der Waals surface area contributed by atoms with Crippen LogP contribution >= 0.6 is 11.3 Å². The second kappa shape index (κ2) is 7.40. The van der Waals surface area contributed by atoms with Gasteiger partial charge in [0.1, 0.15) is 10.7 Å². The van der Waals surface area contributed by atoms with Crippen molar-refractivity contribution in [2.24, 2.45) is 0 Å². The van der Waals surface area contributed by atoms with Gasteiger partial charge in [0.25, 0.3) is 5.91 Å². The van der Waals surface area contributed by atoms with Crippen molar-refractivity contribution < 1.29 is 4.79 Å². The Labute approximate surface area is 166 Å². The molecule has 0 saturated carbocycles. The lowest BCUT2D eigenvalue weighted by Gasteiger charge is -2.16. The Balaban J connectivity index is 1.58. The summed E-state index contributed by atoms with van der Waals surface area (Å²) in [5.41, 5.74) is 2.45. The average Bonchev–Trinajstić information content (AvgIpc) is 3.10. The minimum atomic E-state index is -0.119. The van der Waals surface area contributed by atoms with Crippen LogP contribution in [0.5, 0.6) is 0 Å². The molecule has 1 amide bonds. The summed E-state index contributed by atoms with van der Waals surface area (Å²) in [7, 11) is 1.74. The van der Waals surface area contributed by atoms with Crippen molar-refractivity contribution in [3.63, 3.8) is 0 Å². The lowest BCUT2D eigenvalue weighted by atomic mass is 10.2. The Hall–Kier alpha value is -3.26. The lowest BCUT2D eigenvalue weighted by Crippen LogP contribution is -2.27. The summed E-state index contributed by atoms with van der Waals surface area (Å²) < 4.78 is 0. The number of benzene rings is 1. The van der Waals surface area contributed by atoms with Crippen LogP contribution in [-0.4, -0.2) is 42.8 Å². The molecule has 140 valence electrons. The van der Waals surface area contributed by atoms with E-state index in [9.17, 15) is 4.79 Å². The number of hydrogen-bond donors (Lipinski definition) is 0. The Morgan fingerprint density at radius 1 is 1.00 bits per heavy atom. The van der Waals surface area contributed by atoms with Gasteiger partial charge in [0.15, 0.2) is 10.8 Å². The summed E-state index contributed by atoms with van der Waals surface area (Å²) in [6, 6.07) is 9.61. The minimum absolute atomic E-state index is 0.119. The molecule has 0 aliphatic heterocycles. The van der Waals surface area contributed by atoms with Gasteiger partial charge < -0.3 is 4.90 Å². The van der Waals surface area contributed by atoms with Crippen molar-refractivity contribution in [1.82, 2.24) is 29.8 Å². The van der Waals surface area contributed by atoms with Crippen molar-refractivity contribution in [1.29, 1.82) is 0 Å². The second-order valence-electron chi connectivity index (χ2n) is 6.41. The molecular weight excluding hydrogens is 372 g/mol. The zero-order chi connectivity index (χ0) is 19.7. The minimum Gasteiger partial charge on any atom is -0.333 e. The molecule has 0 bridgehead atoms. The van der Waals surface area contributed by atoms with Gasteiger partial charge in [-0.25, -0.2) is 24.9 Å². The highest BCUT2D eigenvalue weighted by atomic mass is 32.1. The molecule has 0 aliphatic carbocycles. The van der Waals surface area contributed by atoms with E-state index in [4.69, 9.17) is 0 Å². The molecule has 1 aromatic carbocycles. The van der Waals surface area contributed by atoms with E-state index in [-0.39, 0.29) is 5.91 Å². The predicted octanol–water partition coefficient (Wildman–Crippen LogP) is 3.43. The van der Waals surface area contributed by atoms with Crippen molar-refractivity contribution in [3.05, 3.63) is 64.8 Å². The first-order valence-electron chi connectivity index (χ1n) is 8.75. The van der Waals surface area contributed by atoms with Gasteiger partial charge in [-0.15, -0.1) is 11.3 Å². The van der Waals surface area contributed by atoms with Gasteiger partial charge in [-0.1, -0.05) is 18.2 Å². The normalized spacial score (nSPS) is 11.0. The highest BCUT2D eigenvalue weighted by Crippen LogP contribution is 2.26. The standard InChI is InChI=1S/C20H18N6OS/c1-12-14-7-4-5-8-15(14)25-16(23-12)11-26(3)20(27)17-13(2)24-19(28-17)18-21-9-6-10-22-18/h4-10H,11H2,1-3H3. The number of aryl methyl sites for hydroxylation is 2. The molecule has 28 heavy (non-hydrogen) atoms. The van der Waals surface area contributed by atoms with E-state index in [1.165, 1.54) is 11.3 Å². The first kappa shape index (κ1) is 18.1. The fourth-order valence-electron chi connectivity index (χ4n) is 2.92. The fourth-order valence-corrected chi connectivity index (χ4v) is 3.93. The van der Waals surface area contributed by atoms with Crippen LogP contribution < -0.4 is 0 Å². The zero-order valence-electron chi connectivity index (χ0n) is 15.7. The number of carbonyl (C=O) groups excluding carboxylic acids is 1. The highest BCUT2D eigenvalue weighted by molar-refractivity contribution is 7.17. The molecule has 4 rings (SSSR count). The number of thiazole rings is 1. The number of hydrogen-bond acceptors (Lipinski definition) is 7. The van der Waals surface area contributed by atoms with E-state index < -0.39 is 0 Å². The van der Waals surface area contributed by atoms with Crippen LogP contribution in [0.4, 0.5) is 0 Å². The van der Waals surface area contributed by atoms with Gasteiger partial charge in [0, 0.05) is 30.5 Å². The lowest BCUT2D eigenvalue weighted by molar-refractivity contribution is 0.0785. The number of nitrogens with zero attached hydrogens (tertiary/aromatic N) is 6. The van der Waals surface area contributed by atoms with Gasteiger partial charge in [0.2, 0.25) is 0 Å². The third kappa shape index (κ3) is 3.46. The third-order valence-corrected chi connectivity index (χ3v) is 5.45. The van der Waals surface area contributed by atoms with Gasteiger partial charge in [0.05, 0.1) is 17.8 Å². The molecule has 0 atom stereocenters. The van der Waals surface area contributed by atoms with Crippen LogP contribution in [-0.2, 0) is 6.54 Å². The Morgan fingerprint density at radius 2 is 1.75 bits per heavy atom. The first-order chi connectivity index (χ1) is 13.5. The van der Waals surface area contributed by atoms with Crippen molar-refractivity contribution >= 4 is 28.1 Å². The SMILES string of the molecule is Cc1nc(-c2ncccn2)sc1C(=O)N(C)Cc1nc(C)c2ccccc2n1. The van der Waals surface area contributed by atoms with Crippen molar-refractivity contribution in [2.75, 3.05) is 7.05 Å². The van der Waals surface area contributed by atoms with Gasteiger partial charge in [-0.05, 0) is 26.0 Å². The maximum absolute atomic E-state index is 13.0. The van der Waals surface area contributed by atoms with Crippen LogP contribution in [0.1, 0.15) is 26.9 Å². The highest BCUT2D eigenvalue weighted by Gasteiger charge is 2.21. The van der Waals surface area contributed by atoms with Gasteiger partial charge in [-0.2, -0.15) is 0 Å². The summed E-state index contributed by atoms with van der Waals surface area (Å²) >= 11 is 1.30. The summed E-state index contributed by atoms with van der Waals surface area (Å²) in [5, 5.41) is 1.65. The quantitative estimate of drug-likeness (QED) is 0.531. The average molecular weight is 390 g/mol. The maximum Gasteiger partial charge on any atom is 0.266 e. The number of amides is 1. The Bertz CT molecular complexity index is 1160. The molecule has 0 radical (unpaired) electrons. The van der Waals surface area contributed by atoms with E-state index in [0.717, 1.165) is 16.6 Å². The molecule has 3 heterocycles. The largest absolute Gasteiger partial charge is 0.333 e. The summed E-state index contributed by atoms with van der Waals surface area (Å²) in [5.74, 6) is 1.01. The molecule has 0 spiro atoms. The summed E-state index contributed by atoms with van der Waals surface area (Å²) in [6.07, 6.45) is 3.32. The number of rotatable bonds is 4. The van der Waals surface area contributed by atoms with E-state index in [0.29, 0.717) is 33.8 Å². The van der Waals surface area contributed by atoms with E-state index in [2.05, 4.69) is 24.9 Å². The number of para-hydroxylation sites is 1. The van der Waals surface area contributed by atoms with E-state index >= 15 is 0 Å². The smallest absolute Gasteiger partial charge is 0.266 e. The van der Waals surface area contributed by atoms with Crippen molar-refractivity contribution in [3.8, 4) is 10.8 Å². The molecule has 0 unspecified atom stereocenters. The van der Waals surface area contributed by atoms with Crippen LogP contribution in [0, 0.1) is 13.8 Å². The zero-order valence-corrected chi connectivity index (χ0v) is 16.6. The molecular formula is C20H18N6OS. The van der Waals surface area contributed by atoms with Gasteiger partial charge >= 0.3 is 0 Å². The predicted molar refractivity (Wildman–Crippen MR) is 108 cm³/mol. The maximum atomic E-state index is 13.0.